The highest BCUT2D eigenvalue weighted by Crippen LogP contribution is 2.18. The minimum Gasteiger partial charge on any atom is -0.339 e. The largest absolute Gasteiger partial charge is 0.339 e. The van der Waals surface area contributed by atoms with Crippen molar-refractivity contribution >= 4 is 11.6 Å². The van der Waals surface area contributed by atoms with Gasteiger partial charge >= 0.3 is 0 Å². The summed E-state index contributed by atoms with van der Waals surface area (Å²) in [5.41, 5.74) is 5.14. The lowest BCUT2D eigenvalue weighted by Crippen LogP contribution is -2.36. The lowest BCUT2D eigenvalue weighted by molar-refractivity contribution is 0.0723. The molecular formula is C14H23N3O. The summed E-state index contributed by atoms with van der Waals surface area (Å²) in [5, 5.41) is 0. The third-order valence-corrected chi connectivity index (χ3v) is 3.44. The van der Waals surface area contributed by atoms with Gasteiger partial charge in [0.1, 0.15) is 0 Å². The zero-order valence-corrected chi connectivity index (χ0v) is 11.7. The summed E-state index contributed by atoms with van der Waals surface area (Å²) in [6.45, 7) is 6.14. The molecule has 0 aromatic heterocycles. The average Bonchev–Trinajstić information content (AvgIpc) is 2.39. The third kappa shape index (κ3) is 3.01. The molecule has 100 valence electrons. The fraction of sp³-hybridized carbons (Fsp3) is 0.500. The highest BCUT2D eigenvalue weighted by Gasteiger charge is 2.18. The van der Waals surface area contributed by atoms with E-state index in [0.717, 1.165) is 24.1 Å². The van der Waals surface area contributed by atoms with Gasteiger partial charge in [0.05, 0.1) is 5.69 Å². The predicted molar refractivity (Wildman–Crippen MR) is 75.5 cm³/mol. The molecule has 0 radical (unpaired) electrons. The Hall–Kier alpha value is -1.55. The Balaban J connectivity index is 2.93. The predicted octanol–water partition coefficient (Wildman–Crippen LogP) is 2.54. The topological polar surface area (TPSA) is 58.4 Å². The van der Waals surface area contributed by atoms with Crippen LogP contribution in [0.15, 0.2) is 18.2 Å². The number of nitrogens with one attached hydrogen (secondary N) is 1. The maximum absolute atomic E-state index is 12.3. The third-order valence-electron chi connectivity index (χ3n) is 3.44. The van der Waals surface area contributed by atoms with Crippen LogP contribution < -0.4 is 11.3 Å². The molecule has 0 bridgehead atoms. The minimum absolute atomic E-state index is 0.0652. The van der Waals surface area contributed by atoms with E-state index in [2.05, 4.69) is 19.3 Å². The van der Waals surface area contributed by atoms with Gasteiger partial charge in [-0.15, -0.1) is 0 Å². The second kappa shape index (κ2) is 6.40. The Morgan fingerprint density at radius 1 is 1.39 bits per heavy atom. The molecule has 1 aromatic carbocycles. The first-order valence-corrected chi connectivity index (χ1v) is 6.39. The van der Waals surface area contributed by atoms with E-state index in [9.17, 15) is 4.79 Å². The number of amides is 1. The Morgan fingerprint density at radius 2 is 2.00 bits per heavy atom. The van der Waals surface area contributed by atoms with Crippen molar-refractivity contribution in [2.45, 2.75) is 39.7 Å². The van der Waals surface area contributed by atoms with Crippen molar-refractivity contribution in [2.24, 2.45) is 5.84 Å². The van der Waals surface area contributed by atoms with Crippen LogP contribution in [0.5, 0.6) is 0 Å². The molecule has 0 spiro atoms. The van der Waals surface area contributed by atoms with Gasteiger partial charge in [-0.3, -0.25) is 10.6 Å². The van der Waals surface area contributed by atoms with Gasteiger partial charge < -0.3 is 10.3 Å². The number of carbonyl (C=O) groups excluding carboxylic acids is 1. The van der Waals surface area contributed by atoms with Gasteiger partial charge in [-0.1, -0.05) is 13.8 Å². The maximum atomic E-state index is 12.3. The monoisotopic (exact) mass is 249 g/mol. The summed E-state index contributed by atoms with van der Waals surface area (Å²) in [6.07, 6.45) is 1.94. The Morgan fingerprint density at radius 3 is 2.44 bits per heavy atom. The molecule has 0 aliphatic carbocycles. The summed E-state index contributed by atoms with van der Waals surface area (Å²) < 4.78 is 0. The molecule has 0 atom stereocenters. The van der Waals surface area contributed by atoms with Gasteiger partial charge in [0.2, 0.25) is 0 Å². The average molecular weight is 249 g/mol. The number of nitrogens with two attached hydrogens (primary N) is 1. The van der Waals surface area contributed by atoms with E-state index in [1.165, 1.54) is 0 Å². The molecule has 4 heteroatoms. The van der Waals surface area contributed by atoms with Crippen LogP contribution in [0, 0.1) is 6.92 Å². The van der Waals surface area contributed by atoms with Crippen LogP contribution in [0.2, 0.25) is 0 Å². The Kier molecular flexibility index (Phi) is 5.16. The molecule has 1 aromatic rings. The summed E-state index contributed by atoms with van der Waals surface area (Å²) in [6, 6.07) is 5.81. The van der Waals surface area contributed by atoms with Crippen LogP contribution in [-0.4, -0.2) is 23.9 Å². The normalized spacial score (nSPS) is 10.6. The number of benzene rings is 1. The van der Waals surface area contributed by atoms with Crippen molar-refractivity contribution in [3.05, 3.63) is 29.3 Å². The van der Waals surface area contributed by atoms with Crippen LogP contribution in [0.4, 0.5) is 5.69 Å². The lowest BCUT2D eigenvalue weighted by Gasteiger charge is -2.26. The zero-order chi connectivity index (χ0) is 13.7. The van der Waals surface area contributed by atoms with E-state index in [-0.39, 0.29) is 5.91 Å². The first kappa shape index (κ1) is 14.5. The summed E-state index contributed by atoms with van der Waals surface area (Å²) >= 11 is 0. The molecule has 3 N–H and O–H groups in total. The van der Waals surface area contributed by atoms with Crippen molar-refractivity contribution < 1.29 is 4.79 Å². The molecule has 0 saturated heterocycles. The number of carbonyl (C=O) groups is 1. The fourth-order valence-electron chi connectivity index (χ4n) is 2.16. The highest BCUT2D eigenvalue weighted by atomic mass is 16.2. The molecule has 0 aliphatic rings. The van der Waals surface area contributed by atoms with Crippen LogP contribution in [0.25, 0.3) is 0 Å². The van der Waals surface area contributed by atoms with Crippen molar-refractivity contribution in [1.29, 1.82) is 0 Å². The smallest absolute Gasteiger partial charge is 0.253 e. The van der Waals surface area contributed by atoms with Gasteiger partial charge in [-0.2, -0.15) is 0 Å². The molecule has 1 amide bonds. The second-order valence-corrected chi connectivity index (χ2v) is 4.56. The van der Waals surface area contributed by atoms with E-state index in [1.54, 1.807) is 0 Å². The number of hydrogen-bond donors (Lipinski definition) is 2. The first-order chi connectivity index (χ1) is 8.54. The standard InChI is InChI=1S/C14H23N3O/c1-5-12(6-2)17(4)14(18)11-7-8-13(16-15)10(3)9-11/h7-9,12,16H,5-6,15H2,1-4H3. The highest BCUT2D eigenvalue weighted by molar-refractivity contribution is 5.95. The second-order valence-electron chi connectivity index (χ2n) is 4.56. The van der Waals surface area contributed by atoms with Crippen LogP contribution in [0.1, 0.15) is 42.6 Å². The summed E-state index contributed by atoms with van der Waals surface area (Å²) in [4.78, 5) is 14.2. The molecular weight excluding hydrogens is 226 g/mol. The van der Waals surface area contributed by atoms with Crippen LogP contribution in [-0.2, 0) is 0 Å². The number of hydrogen-bond acceptors (Lipinski definition) is 3. The summed E-state index contributed by atoms with van der Waals surface area (Å²) in [7, 11) is 1.87. The molecule has 1 rings (SSSR count). The number of anilines is 1. The number of hydrazine groups is 1. The van der Waals surface area contributed by atoms with E-state index in [1.807, 2.05) is 37.1 Å². The first-order valence-electron chi connectivity index (χ1n) is 6.39. The number of nitrogen functional groups attached to an aromatic ring is 1. The van der Waals surface area contributed by atoms with Gasteiger partial charge in [-0.05, 0) is 43.5 Å². The zero-order valence-electron chi connectivity index (χ0n) is 11.7. The number of aryl methyl sites for hydroxylation is 1. The van der Waals surface area contributed by atoms with E-state index >= 15 is 0 Å². The quantitative estimate of drug-likeness (QED) is 0.623. The van der Waals surface area contributed by atoms with Crippen molar-refractivity contribution in [1.82, 2.24) is 4.90 Å². The lowest BCUT2D eigenvalue weighted by atomic mass is 10.1. The number of rotatable bonds is 5. The maximum Gasteiger partial charge on any atom is 0.253 e. The van der Waals surface area contributed by atoms with Gasteiger partial charge in [0.15, 0.2) is 0 Å². The number of nitrogens with zero attached hydrogens (tertiary/aromatic N) is 1. The Bertz CT molecular complexity index is 414. The Labute approximate surface area is 109 Å². The molecule has 0 heterocycles. The minimum atomic E-state index is 0.0652. The van der Waals surface area contributed by atoms with Crippen LogP contribution >= 0.6 is 0 Å². The fourth-order valence-corrected chi connectivity index (χ4v) is 2.16. The van der Waals surface area contributed by atoms with Gasteiger partial charge in [-0.25, -0.2) is 0 Å². The van der Waals surface area contributed by atoms with Crippen molar-refractivity contribution in [3.63, 3.8) is 0 Å². The van der Waals surface area contributed by atoms with E-state index < -0.39 is 0 Å². The van der Waals surface area contributed by atoms with Crippen molar-refractivity contribution in [2.75, 3.05) is 12.5 Å². The summed E-state index contributed by atoms with van der Waals surface area (Å²) in [5.74, 6) is 5.45. The van der Waals surface area contributed by atoms with E-state index in [0.29, 0.717) is 11.6 Å². The molecule has 4 nitrogen and oxygen atoms in total. The van der Waals surface area contributed by atoms with Gasteiger partial charge in [0, 0.05) is 18.7 Å². The van der Waals surface area contributed by atoms with Crippen LogP contribution in [0.3, 0.4) is 0 Å². The molecule has 0 saturated carbocycles. The van der Waals surface area contributed by atoms with E-state index in [4.69, 9.17) is 5.84 Å². The SMILES string of the molecule is CCC(CC)N(C)C(=O)c1ccc(NN)c(C)c1. The molecule has 0 unspecified atom stereocenters. The van der Waals surface area contributed by atoms with Crippen molar-refractivity contribution in [3.8, 4) is 0 Å². The molecule has 0 fully saturated rings. The molecule has 18 heavy (non-hydrogen) atoms. The molecule has 0 aliphatic heterocycles. The van der Waals surface area contributed by atoms with Gasteiger partial charge in [0.25, 0.3) is 5.91 Å².